The van der Waals surface area contributed by atoms with Crippen LogP contribution in [0.4, 0.5) is 20.2 Å². The van der Waals surface area contributed by atoms with Crippen LogP contribution in [-0.2, 0) is 0 Å². The number of hydrogen-bond donors (Lipinski definition) is 3. The van der Waals surface area contributed by atoms with Crippen LogP contribution in [0.15, 0.2) is 86.0 Å². The van der Waals surface area contributed by atoms with Gasteiger partial charge in [0.1, 0.15) is 17.5 Å². The number of benzene rings is 2. The summed E-state index contributed by atoms with van der Waals surface area (Å²) in [6.07, 6.45) is 8.37. The minimum atomic E-state index is -0.472. The first-order chi connectivity index (χ1) is 18.9. The van der Waals surface area contributed by atoms with E-state index < -0.39 is 5.82 Å². The van der Waals surface area contributed by atoms with Gasteiger partial charge in [-0.2, -0.15) is 0 Å². The summed E-state index contributed by atoms with van der Waals surface area (Å²) in [6.45, 7) is 8.35. The van der Waals surface area contributed by atoms with Crippen LogP contribution in [0, 0.1) is 17.6 Å². The van der Waals surface area contributed by atoms with E-state index in [0.717, 1.165) is 29.8 Å². The Balaban J connectivity index is 1.35. The van der Waals surface area contributed by atoms with Crippen molar-refractivity contribution in [1.29, 1.82) is 0 Å². The highest BCUT2D eigenvalue weighted by molar-refractivity contribution is 5.93. The van der Waals surface area contributed by atoms with Crippen LogP contribution in [0.1, 0.15) is 30.7 Å². The van der Waals surface area contributed by atoms with E-state index in [1.165, 1.54) is 24.6 Å². The Bertz CT molecular complexity index is 1750. The number of allylic oxidation sites excluding steroid dienone is 1. The van der Waals surface area contributed by atoms with E-state index >= 15 is 4.39 Å². The van der Waals surface area contributed by atoms with Gasteiger partial charge in [0.2, 0.25) is 0 Å². The van der Waals surface area contributed by atoms with Gasteiger partial charge in [0, 0.05) is 51.6 Å². The van der Waals surface area contributed by atoms with Gasteiger partial charge in [-0.15, -0.1) is 0 Å². The molecule has 8 heteroatoms. The van der Waals surface area contributed by atoms with Crippen LogP contribution in [0.25, 0.3) is 39.0 Å². The van der Waals surface area contributed by atoms with Gasteiger partial charge in [0.15, 0.2) is 5.65 Å². The standard InChI is InChI=1S/C31H26F2N6/c1-17(30-38-29-24(9-10-36-31(29)39-30)20-7-4-8-22(32)11-20)25-13-26(27(33)14-28(25)34)21-12-23(16-35-15-21)37-18(2)19-5-3-6-19/h4,7-16,19,37H,1-3,5-6,34H2,(H,36,38,39). The normalized spacial score (nSPS) is 13.3. The lowest BCUT2D eigenvalue weighted by Crippen LogP contribution is -2.18. The molecule has 0 saturated heterocycles. The van der Waals surface area contributed by atoms with Crippen molar-refractivity contribution in [2.75, 3.05) is 11.1 Å². The molecule has 1 fully saturated rings. The van der Waals surface area contributed by atoms with E-state index in [0.29, 0.717) is 50.7 Å². The first-order valence-electron chi connectivity index (χ1n) is 12.7. The van der Waals surface area contributed by atoms with Crippen molar-refractivity contribution in [2.24, 2.45) is 5.92 Å². The Kier molecular flexibility index (Phi) is 6.15. The number of hydrogen-bond acceptors (Lipinski definition) is 5. The van der Waals surface area contributed by atoms with Crippen molar-refractivity contribution >= 4 is 28.1 Å². The molecule has 39 heavy (non-hydrogen) atoms. The Morgan fingerprint density at radius 2 is 1.85 bits per heavy atom. The second-order valence-corrected chi connectivity index (χ2v) is 9.79. The van der Waals surface area contributed by atoms with Gasteiger partial charge in [-0.05, 0) is 60.7 Å². The fourth-order valence-electron chi connectivity index (χ4n) is 4.85. The number of aromatic nitrogens is 4. The first kappa shape index (κ1) is 24.5. The molecule has 1 saturated carbocycles. The van der Waals surface area contributed by atoms with Gasteiger partial charge in [-0.25, -0.2) is 18.7 Å². The number of nitrogens with zero attached hydrogens (tertiary/aromatic N) is 3. The van der Waals surface area contributed by atoms with E-state index in [4.69, 9.17) is 5.73 Å². The zero-order valence-corrected chi connectivity index (χ0v) is 21.1. The van der Waals surface area contributed by atoms with Crippen LogP contribution < -0.4 is 11.1 Å². The predicted molar refractivity (Wildman–Crippen MR) is 152 cm³/mol. The van der Waals surface area contributed by atoms with Crippen LogP contribution in [0.3, 0.4) is 0 Å². The molecule has 0 spiro atoms. The Morgan fingerprint density at radius 3 is 2.62 bits per heavy atom. The molecule has 1 aliphatic carbocycles. The van der Waals surface area contributed by atoms with E-state index in [2.05, 4.69) is 38.4 Å². The monoisotopic (exact) mass is 520 g/mol. The highest BCUT2D eigenvalue weighted by Crippen LogP contribution is 2.36. The lowest BCUT2D eigenvalue weighted by molar-refractivity contribution is 0.371. The van der Waals surface area contributed by atoms with E-state index in [1.54, 1.807) is 36.8 Å². The average molecular weight is 521 g/mol. The van der Waals surface area contributed by atoms with E-state index in [-0.39, 0.29) is 11.5 Å². The summed E-state index contributed by atoms with van der Waals surface area (Å²) in [5.74, 6) is 0.0716. The van der Waals surface area contributed by atoms with Crippen molar-refractivity contribution in [2.45, 2.75) is 19.3 Å². The molecule has 0 atom stereocenters. The molecule has 1 aliphatic rings. The topological polar surface area (TPSA) is 92.5 Å². The quantitative estimate of drug-likeness (QED) is 0.195. The lowest BCUT2D eigenvalue weighted by atomic mass is 9.83. The molecular weight excluding hydrogens is 494 g/mol. The van der Waals surface area contributed by atoms with Gasteiger partial charge in [0.05, 0.1) is 17.4 Å². The molecule has 4 N–H and O–H groups in total. The second kappa shape index (κ2) is 9.79. The zero-order valence-electron chi connectivity index (χ0n) is 21.1. The molecule has 3 heterocycles. The van der Waals surface area contributed by atoms with Crippen LogP contribution in [-0.4, -0.2) is 19.9 Å². The van der Waals surface area contributed by atoms with Gasteiger partial charge in [-0.1, -0.05) is 31.7 Å². The molecule has 2 aromatic carbocycles. The number of nitrogen functional groups attached to an aromatic ring is 1. The maximum atomic E-state index is 15.2. The largest absolute Gasteiger partial charge is 0.398 e. The molecule has 194 valence electrons. The van der Waals surface area contributed by atoms with Crippen molar-refractivity contribution in [3.63, 3.8) is 0 Å². The Morgan fingerprint density at radius 1 is 1.00 bits per heavy atom. The fourth-order valence-corrected chi connectivity index (χ4v) is 4.85. The summed E-state index contributed by atoms with van der Waals surface area (Å²) in [7, 11) is 0. The molecule has 0 amide bonds. The number of fused-ring (bicyclic) bond motifs is 1. The number of imidazole rings is 1. The zero-order chi connectivity index (χ0) is 27.1. The van der Waals surface area contributed by atoms with Crippen LogP contribution >= 0.6 is 0 Å². The summed E-state index contributed by atoms with van der Waals surface area (Å²) in [6, 6.07) is 12.9. The van der Waals surface area contributed by atoms with Crippen molar-refractivity contribution < 1.29 is 8.78 Å². The summed E-state index contributed by atoms with van der Waals surface area (Å²) in [4.78, 5) is 16.5. The first-order valence-corrected chi connectivity index (χ1v) is 12.7. The Hall–Kier alpha value is -4.85. The fraction of sp³-hybridized carbons (Fsp3) is 0.129. The third-order valence-corrected chi connectivity index (χ3v) is 7.23. The van der Waals surface area contributed by atoms with Crippen molar-refractivity contribution in [1.82, 2.24) is 19.9 Å². The van der Waals surface area contributed by atoms with Crippen LogP contribution in [0.2, 0.25) is 0 Å². The molecule has 0 radical (unpaired) electrons. The smallest absolute Gasteiger partial charge is 0.178 e. The minimum absolute atomic E-state index is 0.223. The number of anilines is 2. The van der Waals surface area contributed by atoms with Gasteiger partial charge in [0.25, 0.3) is 0 Å². The molecule has 5 aromatic rings. The van der Waals surface area contributed by atoms with Crippen molar-refractivity contribution in [3.8, 4) is 22.3 Å². The molecule has 0 unspecified atom stereocenters. The number of nitrogens with two attached hydrogens (primary N) is 1. The van der Waals surface area contributed by atoms with E-state index in [9.17, 15) is 4.39 Å². The molecule has 0 aliphatic heterocycles. The number of H-pyrrole nitrogens is 1. The van der Waals surface area contributed by atoms with Crippen LogP contribution in [0.5, 0.6) is 0 Å². The van der Waals surface area contributed by atoms with Gasteiger partial charge in [-0.3, -0.25) is 4.98 Å². The predicted octanol–water partition coefficient (Wildman–Crippen LogP) is 7.33. The summed E-state index contributed by atoms with van der Waals surface area (Å²) < 4.78 is 29.1. The molecule has 3 aromatic heterocycles. The second-order valence-electron chi connectivity index (χ2n) is 9.79. The molecule has 6 nitrogen and oxygen atoms in total. The highest BCUT2D eigenvalue weighted by atomic mass is 19.1. The SMILES string of the molecule is C=C(c1nc2nccc(-c3cccc(F)c3)c2[nH]1)c1cc(-c2cncc(NC(=C)C3CCC3)c2)c(F)cc1N. The highest BCUT2D eigenvalue weighted by Gasteiger charge is 2.21. The maximum absolute atomic E-state index is 15.2. The molecule has 6 rings (SSSR count). The van der Waals surface area contributed by atoms with E-state index in [1.807, 2.05) is 12.1 Å². The number of pyridine rings is 2. The summed E-state index contributed by atoms with van der Waals surface area (Å²) >= 11 is 0. The molecule has 0 bridgehead atoms. The molecular formula is C31H26F2N6. The Labute approximate surface area is 224 Å². The summed E-state index contributed by atoms with van der Waals surface area (Å²) in [5, 5.41) is 3.32. The lowest BCUT2D eigenvalue weighted by Gasteiger charge is -2.28. The number of halogens is 2. The summed E-state index contributed by atoms with van der Waals surface area (Å²) in [5.41, 5.74) is 12.6. The maximum Gasteiger partial charge on any atom is 0.178 e. The van der Waals surface area contributed by atoms with Gasteiger partial charge < -0.3 is 16.0 Å². The van der Waals surface area contributed by atoms with Crippen molar-refractivity contribution in [3.05, 3.63) is 109 Å². The number of rotatable bonds is 7. The third-order valence-electron chi connectivity index (χ3n) is 7.23. The third kappa shape index (κ3) is 4.65. The average Bonchev–Trinajstić information content (AvgIpc) is 3.32. The minimum Gasteiger partial charge on any atom is -0.398 e. The van der Waals surface area contributed by atoms with Gasteiger partial charge >= 0.3 is 0 Å². The number of nitrogens with one attached hydrogen (secondary N) is 2. The number of aromatic amines is 1.